The van der Waals surface area contributed by atoms with Crippen molar-refractivity contribution in [3.05, 3.63) is 77.9 Å². The Morgan fingerprint density at radius 3 is 2.30 bits per heavy atom. The second-order valence-corrected chi connectivity index (χ2v) is 8.76. The summed E-state index contributed by atoms with van der Waals surface area (Å²) in [6.45, 7) is 4.14. The molecule has 192 valence electrons. The first kappa shape index (κ1) is 25.8. The van der Waals surface area contributed by atoms with Crippen LogP contribution in [0.3, 0.4) is 0 Å². The Morgan fingerprint density at radius 2 is 1.70 bits per heavy atom. The molecular weight excluding hydrogens is 468 g/mol. The predicted octanol–water partition coefficient (Wildman–Crippen LogP) is 5.02. The van der Waals surface area contributed by atoms with Crippen molar-refractivity contribution < 1.29 is 19.4 Å². The van der Waals surface area contributed by atoms with Crippen LogP contribution < -0.4 is 19.7 Å². The van der Waals surface area contributed by atoms with E-state index in [9.17, 15) is 9.90 Å². The van der Waals surface area contributed by atoms with Crippen LogP contribution in [-0.4, -0.2) is 55.6 Å². The summed E-state index contributed by atoms with van der Waals surface area (Å²) in [5, 5.41) is 14.9. The molecule has 1 amide bonds. The van der Waals surface area contributed by atoms with Gasteiger partial charge in [-0.05, 0) is 44.3 Å². The molecule has 4 aromatic rings. The molecule has 0 aliphatic heterocycles. The molecule has 3 aromatic carbocycles. The van der Waals surface area contributed by atoms with Crippen molar-refractivity contribution in [1.29, 1.82) is 0 Å². The zero-order chi connectivity index (χ0) is 26.5. The molecule has 3 N–H and O–H groups in total. The summed E-state index contributed by atoms with van der Waals surface area (Å²) in [7, 11) is 5.02. The molecule has 37 heavy (non-hydrogen) atoms. The zero-order valence-corrected chi connectivity index (χ0v) is 21.7. The molecule has 0 aliphatic rings. The lowest BCUT2D eigenvalue weighted by atomic mass is 10.0. The van der Waals surface area contributed by atoms with Gasteiger partial charge in [-0.15, -0.1) is 0 Å². The number of fused-ring (bicyclic) bond motifs is 1. The van der Waals surface area contributed by atoms with Crippen LogP contribution in [0.1, 0.15) is 25.0 Å². The van der Waals surface area contributed by atoms with Gasteiger partial charge in [-0.25, -0.2) is 4.99 Å². The molecule has 0 saturated heterocycles. The normalized spacial score (nSPS) is 12.4. The number of aromatic hydroxyl groups is 1. The Kier molecular flexibility index (Phi) is 7.79. The van der Waals surface area contributed by atoms with Gasteiger partial charge >= 0.3 is 0 Å². The third kappa shape index (κ3) is 5.44. The van der Waals surface area contributed by atoms with Crippen LogP contribution >= 0.6 is 0 Å². The molecule has 0 saturated carbocycles. The number of ether oxygens (including phenoxy) is 2. The number of likely N-dealkylation sites (N-methyl/N-ethyl adjacent to an activating group) is 1. The molecular formula is C29H32N4O4. The van der Waals surface area contributed by atoms with Crippen LogP contribution in [-0.2, 0) is 4.79 Å². The number of rotatable bonds is 9. The van der Waals surface area contributed by atoms with E-state index < -0.39 is 0 Å². The minimum Gasteiger partial charge on any atom is -0.494 e. The Hall–Kier alpha value is -4.30. The van der Waals surface area contributed by atoms with Gasteiger partial charge in [0, 0.05) is 42.2 Å². The molecule has 1 aromatic heterocycles. The molecule has 8 nitrogen and oxygen atoms in total. The van der Waals surface area contributed by atoms with Gasteiger partial charge in [-0.1, -0.05) is 30.3 Å². The second-order valence-electron chi connectivity index (χ2n) is 8.76. The van der Waals surface area contributed by atoms with Gasteiger partial charge in [0.2, 0.25) is 5.91 Å². The molecule has 0 fully saturated rings. The SMILES string of the molecule is CNC(C)CN(C(C)=O)c1ccc(N=C(c2ccccc2)c2c(O)[nH]c3cc(OC)c(OC)cc23)cc1. The Morgan fingerprint density at radius 1 is 1.05 bits per heavy atom. The Balaban J connectivity index is 1.83. The van der Waals surface area contributed by atoms with E-state index in [-0.39, 0.29) is 17.8 Å². The lowest BCUT2D eigenvalue weighted by Crippen LogP contribution is -2.40. The lowest BCUT2D eigenvalue weighted by molar-refractivity contribution is -0.116. The number of amides is 1. The van der Waals surface area contributed by atoms with E-state index in [1.807, 2.05) is 74.6 Å². The number of benzene rings is 3. The van der Waals surface area contributed by atoms with E-state index in [1.54, 1.807) is 32.1 Å². The maximum atomic E-state index is 12.3. The molecule has 0 aliphatic carbocycles. The van der Waals surface area contributed by atoms with Crippen molar-refractivity contribution in [2.75, 3.05) is 32.7 Å². The minimum absolute atomic E-state index is 0.00617. The Labute approximate surface area is 216 Å². The van der Waals surface area contributed by atoms with Gasteiger partial charge < -0.3 is 29.8 Å². The first-order valence-electron chi connectivity index (χ1n) is 12.0. The number of nitrogens with zero attached hydrogens (tertiary/aromatic N) is 2. The first-order valence-corrected chi connectivity index (χ1v) is 12.0. The maximum absolute atomic E-state index is 12.3. The molecule has 0 bridgehead atoms. The Bertz CT molecular complexity index is 1410. The highest BCUT2D eigenvalue weighted by molar-refractivity contribution is 6.22. The van der Waals surface area contributed by atoms with Gasteiger partial charge in [-0.2, -0.15) is 0 Å². The van der Waals surface area contributed by atoms with E-state index in [4.69, 9.17) is 14.5 Å². The number of H-pyrrole nitrogens is 1. The van der Waals surface area contributed by atoms with Crippen LogP contribution in [0.4, 0.5) is 11.4 Å². The van der Waals surface area contributed by atoms with E-state index in [0.717, 1.165) is 16.6 Å². The number of hydrogen-bond acceptors (Lipinski definition) is 6. The average molecular weight is 501 g/mol. The number of aromatic amines is 1. The maximum Gasteiger partial charge on any atom is 0.223 e. The summed E-state index contributed by atoms with van der Waals surface area (Å²) in [6.07, 6.45) is 0. The van der Waals surface area contributed by atoms with E-state index in [2.05, 4.69) is 10.3 Å². The van der Waals surface area contributed by atoms with Gasteiger partial charge in [0.15, 0.2) is 17.4 Å². The number of aliphatic imine (C=N–C) groups is 1. The summed E-state index contributed by atoms with van der Waals surface area (Å²) in [5.41, 5.74) is 4.16. The third-order valence-electron chi connectivity index (χ3n) is 6.30. The molecule has 1 atom stereocenters. The second kappa shape index (κ2) is 11.2. The first-order chi connectivity index (χ1) is 17.9. The molecule has 0 spiro atoms. The van der Waals surface area contributed by atoms with Crippen LogP contribution in [0.25, 0.3) is 10.9 Å². The van der Waals surface area contributed by atoms with E-state index >= 15 is 0 Å². The lowest BCUT2D eigenvalue weighted by Gasteiger charge is -2.24. The summed E-state index contributed by atoms with van der Waals surface area (Å²) in [5.74, 6) is 1.07. The fraction of sp³-hybridized carbons (Fsp3) is 0.241. The highest BCUT2D eigenvalue weighted by atomic mass is 16.5. The average Bonchev–Trinajstić information content (AvgIpc) is 3.24. The minimum atomic E-state index is -0.0311. The van der Waals surface area contributed by atoms with Gasteiger partial charge in [0.1, 0.15) is 0 Å². The number of anilines is 1. The van der Waals surface area contributed by atoms with Gasteiger partial charge in [-0.3, -0.25) is 4.79 Å². The van der Waals surface area contributed by atoms with Crippen molar-refractivity contribution in [2.45, 2.75) is 19.9 Å². The van der Waals surface area contributed by atoms with Crippen LogP contribution in [0, 0.1) is 0 Å². The molecule has 1 heterocycles. The van der Waals surface area contributed by atoms with Gasteiger partial charge in [0.05, 0.1) is 36.7 Å². The smallest absolute Gasteiger partial charge is 0.223 e. The van der Waals surface area contributed by atoms with Crippen molar-refractivity contribution in [3.63, 3.8) is 0 Å². The molecule has 4 rings (SSSR count). The molecule has 0 radical (unpaired) electrons. The van der Waals surface area contributed by atoms with Crippen molar-refractivity contribution in [2.24, 2.45) is 4.99 Å². The number of methoxy groups -OCH3 is 2. The summed E-state index contributed by atoms with van der Waals surface area (Å²) < 4.78 is 10.9. The fourth-order valence-electron chi connectivity index (χ4n) is 4.22. The number of carbonyl (C=O) groups excluding carboxylic acids is 1. The molecule has 8 heteroatoms. The van der Waals surface area contributed by atoms with Crippen molar-refractivity contribution >= 4 is 33.9 Å². The highest BCUT2D eigenvalue weighted by Gasteiger charge is 2.21. The number of carbonyl (C=O) groups is 1. The summed E-state index contributed by atoms with van der Waals surface area (Å²) in [6, 6.07) is 20.9. The van der Waals surface area contributed by atoms with E-state index in [1.165, 1.54) is 0 Å². The van der Waals surface area contributed by atoms with E-state index in [0.29, 0.717) is 40.5 Å². The van der Waals surface area contributed by atoms with Crippen LogP contribution in [0.2, 0.25) is 0 Å². The monoisotopic (exact) mass is 500 g/mol. The summed E-state index contributed by atoms with van der Waals surface area (Å²) in [4.78, 5) is 22.0. The number of hydrogen-bond donors (Lipinski definition) is 3. The van der Waals surface area contributed by atoms with Crippen molar-refractivity contribution in [3.8, 4) is 17.4 Å². The number of aromatic nitrogens is 1. The standard InChI is InChI=1S/C29H32N4O4/c1-18(30-3)17-33(19(2)34)22-13-11-21(12-14-22)31-28(20-9-7-6-8-10-20)27-23-15-25(36-4)26(37-5)16-24(23)32-29(27)35/h6-16,18,30,32,35H,17H2,1-5H3. The largest absolute Gasteiger partial charge is 0.494 e. The van der Waals surface area contributed by atoms with Crippen LogP contribution in [0.15, 0.2) is 71.7 Å². The zero-order valence-electron chi connectivity index (χ0n) is 21.7. The quantitative estimate of drug-likeness (QED) is 0.280. The fourth-order valence-corrected chi connectivity index (χ4v) is 4.22. The highest BCUT2D eigenvalue weighted by Crippen LogP contribution is 2.38. The van der Waals surface area contributed by atoms with Gasteiger partial charge in [0.25, 0.3) is 0 Å². The van der Waals surface area contributed by atoms with Crippen LogP contribution in [0.5, 0.6) is 17.4 Å². The predicted molar refractivity (Wildman–Crippen MR) is 148 cm³/mol. The molecule has 1 unspecified atom stereocenters. The van der Waals surface area contributed by atoms with Crippen molar-refractivity contribution in [1.82, 2.24) is 10.3 Å². The summed E-state index contributed by atoms with van der Waals surface area (Å²) >= 11 is 0. The number of nitrogens with one attached hydrogen (secondary N) is 2. The third-order valence-corrected chi connectivity index (χ3v) is 6.30. The topological polar surface area (TPSA) is 99.2 Å².